The van der Waals surface area contributed by atoms with Crippen LogP contribution in [0.25, 0.3) is 0 Å². The normalized spacial score (nSPS) is 34.2. The summed E-state index contributed by atoms with van der Waals surface area (Å²) in [5, 5.41) is 21.4. The predicted octanol–water partition coefficient (Wildman–Crippen LogP) is -7.21. The van der Waals surface area contributed by atoms with Gasteiger partial charge in [-0.1, -0.05) is 7.43 Å². The maximum Gasteiger partial charge on any atom is 1.00 e. The number of hydrogen-bond acceptors (Lipinski definition) is 4. The summed E-state index contributed by atoms with van der Waals surface area (Å²) in [6, 6.07) is 0. The molecule has 0 aromatic rings. The SMILES string of the molecule is C.O=C([O-])[C@@H]1C2CCC(C2)[C@@H]1C(=O)[O-].[Na+].[Na+]. The molecule has 2 saturated carbocycles. The van der Waals surface area contributed by atoms with Crippen LogP contribution in [0.2, 0.25) is 0 Å². The smallest absolute Gasteiger partial charge is 0.550 e. The van der Waals surface area contributed by atoms with Gasteiger partial charge in [0.05, 0.1) is 0 Å². The first kappa shape index (κ1) is 19.3. The molecule has 2 fully saturated rings. The Morgan fingerprint density at radius 3 is 1.44 bits per heavy atom. The largest absolute Gasteiger partial charge is 1.00 e. The molecule has 4 atom stereocenters. The standard InChI is InChI=1S/C9H12O4.CH4.2Na/c10-8(11)6-4-1-2-5(3-4)7(6)9(12)13;;;/h4-7H,1-3H2,(H,10,11)(H,12,13);1H4;;/q;;2*+1/p-2/t4?,5?,6-,7+;;;. The number of fused-ring (bicyclic) bond motifs is 2. The van der Waals surface area contributed by atoms with Crippen LogP contribution in [0.3, 0.4) is 0 Å². The minimum atomic E-state index is -1.22. The van der Waals surface area contributed by atoms with Crippen molar-refractivity contribution in [3.05, 3.63) is 0 Å². The summed E-state index contributed by atoms with van der Waals surface area (Å²) in [4.78, 5) is 21.4. The molecule has 0 N–H and O–H groups in total. The molecule has 0 aromatic carbocycles. The Morgan fingerprint density at radius 2 is 1.19 bits per heavy atom. The van der Waals surface area contributed by atoms with Crippen molar-refractivity contribution in [2.45, 2.75) is 26.7 Å². The van der Waals surface area contributed by atoms with Crippen molar-refractivity contribution in [2.75, 3.05) is 0 Å². The van der Waals surface area contributed by atoms with Crippen LogP contribution in [0.15, 0.2) is 0 Å². The van der Waals surface area contributed by atoms with E-state index in [9.17, 15) is 19.8 Å². The molecule has 4 nitrogen and oxygen atoms in total. The maximum atomic E-state index is 10.7. The van der Waals surface area contributed by atoms with Crippen molar-refractivity contribution in [2.24, 2.45) is 23.7 Å². The van der Waals surface area contributed by atoms with Gasteiger partial charge in [-0.15, -0.1) is 0 Å². The first-order chi connectivity index (χ1) is 6.11. The van der Waals surface area contributed by atoms with Crippen LogP contribution < -0.4 is 69.3 Å². The van der Waals surface area contributed by atoms with Crippen LogP contribution in [0, 0.1) is 23.7 Å². The van der Waals surface area contributed by atoms with Gasteiger partial charge in [0, 0.05) is 23.8 Å². The zero-order chi connectivity index (χ0) is 9.59. The van der Waals surface area contributed by atoms with Gasteiger partial charge in [-0.3, -0.25) is 0 Å². The van der Waals surface area contributed by atoms with Crippen molar-refractivity contribution < 1.29 is 78.9 Å². The quantitative estimate of drug-likeness (QED) is 0.452. The molecule has 2 bridgehead atoms. The van der Waals surface area contributed by atoms with E-state index >= 15 is 0 Å². The fourth-order valence-corrected chi connectivity index (χ4v) is 2.97. The molecule has 2 unspecified atom stereocenters. The number of rotatable bonds is 2. The van der Waals surface area contributed by atoms with Crippen LogP contribution >= 0.6 is 0 Å². The first-order valence-corrected chi connectivity index (χ1v) is 4.53. The number of carboxylic acids is 2. The zero-order valence-corrected chi connectivity index (χ0v) is 13.1. The number of carbonyl (C=O) groups excluding carboxylic acids is 2. The average Bonchev–Trinajstić information content (AvgIpc) is 2.60. The van der Waals surface area contributed by atoms with Crippen molar-refractivity contribution >= 4 is 11.9 Å². The van der Waals surface area contributed by atoms with Gasteiger partial charge in [-0.05, 0) is 31.1 Å². The van der Waals surface area contributed by atoms with E-state index in [4.69, 9.17) is 0 Å². The Labute approximate surface area is 140 Å². The Bertz CT molecular complexity index is 244. The molecule has 2 aliphatic carbocycles. The molecule has 16 heavy (non-hydrogen) atoms. The molecule has 0 heterocycles. The Kier molecular flexibility index (Phi) is 8.91. The third kappa shape index (κ3) is 3.24. The third-order valence-corrected chi connectivity index (χ3v) is 3.46. The van der Waals surface area contributed by atoms with E-state index in [1.54, 1.807) is 0 Å². The second-order valence-electron chi connectivity index (χ2n) is 4.02. The number of carboxylic acid groups (broad SMARTS) is 2. The van der Waals surface area contributed by atoms with Crippen molar-refractivity contribution in [3.63, 3.8) is 0 Å². The summed E-state index contributed by atoms with van der Waals surface area (Å²) >= 11 is 0. The summed E-state index contributed by atoms with van der Waals surface area (Å²) in [7, 11) is 0. The molecule has 2 rings (SSSR count). The molecule has 0 aliphatic heterocycles. The van der Waals surface area contributed by atoms with Crippen molar-refractivity contribution in [1.29, 1.82) is 0 Å². The summed E-state index contributed by atoms with van der Waals surface area (Å²) in [6.45, 7) is 0. The second kappa shape index (κ2) is 7.39. The monoisotopic (exact) mass is 244 g/mol. The van der Waals surface area contributed by atoms with E-state index in [-0.39, 0.29) is 78.4 Å². The predicted molar refractivity (Wildman–Crippen MR) is 44.6 cm³/mol. The fraction of sp³-hybridized carbons (Fsp3) is 0.800. The second-order valence-corrected chi connectivity index (χ2v) is 4.02. The van der Waals surface area contributed by atoms with Crippen LogP contribution in [0.1, 0.15) is 26.7 Å². The number of aliphatic carboxylic acids is 2. The van der Waals surface area contributed by atoms with Gasteiger partial charge in [-0.25, -0.2) is 0 Å². The van der Waals surface area contributed by atoms with E-state index in [2.05, 4.69) is 0 Å². The maximum absolute atomic E-state index is 10.7. The van der Waals surface area contributed by atoms with Crippen molar-refractivity contribution in [3.8, 4) is 0 Å². The van der Waals surface area contributed by atoms with Crippen LogP contribution in [-0.4, -0.2) is 11.9 Å². The topological polar surface area (TPSA) is 80.3 Å². The van der Waals surface area contributed by atoms with Gasteiger partial charge in [0.25, 0.3) is 0 Å². The summed E-state index contributed by atoms with van der Waals surface area (Å²) in [5.41, 5.74) is 0. The Morgan fingerprint density at radius 1 is 0.875 bits per heavy atom. The first-order valence-electron chi connectivity index (χ1n) is 4.53. The molecular weight excluding hydrogens is 230 g/mol. The molecule has 6 heteroatoms. The molecule has 80 valence electrons. The van der Waals surface area contributed by atoms with Gasteiger partial charge in [0.2, 0.25) is 0 Å². The van der Waals surface area contributed by atoms with E-state index < -0.39 is 23.8 Å². The van der Waals surface area contributed by atoms with Gasteiger partial charge < -0.3 is 19.8 Å². The Hall–Kier alpha value is 0.940. The third-order valence-electron chi connectivity index (χ3n) is 3.46. The minimum Gasteiger partial charge on any atom is -0.550 e. The van der Waals surface area contributed by atoms with Crippen LogP contribution in [0.5, 0.6) is 0 Å². The Balaban J connectivity index is 0. The molecule has 0 aromatic heterocycles. The summed E-state index contributed by atoms with van der Waals surface area (Å²) < 4.78 is 0. The fourth-order valence-electron chi connectivity index (χ4n) is 2.97. The number of hydrogen-bond donors (Lipinski definition) is 0. The van der Waals surface area contributed by atoms with E-state index in [0.717, 1.165) is 19.3 Å². The molecule has 0 radical (unpaired) electrons. The summed E-state index contributed by atoms with van der Waals surface area (Å²) in [5.74, 6) is -4.02. The minimum absolute atomic E-state index is 0. The van der Waals surface area contributed by atoms with Gasteiger partial charge in [0.15, 0.2) is 0 Å². The zero-order valence-electron chi connectivity index (χ0n) is 9.06. The molecule has 0 spiro atoms. The van der Waals surface area contributed by atoms with Crippen LogP contribution in [0.4, 0.5) is 0 Å². The summed E-state index contributed by atoms with van der Waals surface area (Å²) in [6.07, 6.45) is 2.37. The molecule has 2 aliphatic rings. The average molecular weight is 244 g/mol. The number of carbonyl (C=O) groups is 2. The van der Waals surface area contributed by atoms with Crippen LogP contribution in [-0.2, 0) is 9.59 Å². The molecular formula is C10H14Na2O4. The van der Waals surface area contributed by atoms with E-state index in [1.165, 1.54) is 0 Å². The van der Waals surface area contributed by atoms with Gasteiger partial charge >= 0.3 is 59.1 Å². The van der Waals surface area contributed by atoms with E-state index in [1.807, 2.05) is 0 Å². The van der Waals surface area contributed by atoms with E-state index in [0.29, 0.717) is 0 Å². The van der Waals surface area contributed by atoms with Crippen molar-refractivity contribution in [1.82, 2.24) is 0 Å². The molecule has 0 saturated heterocycles. The molecule has 0 amide bonds. The van der Waals surface area contributed by atoms with Gasteiger partial charge in [0.1, 0.15) is 0 Å². The van der Waals surface area contributed by atoms with Gasteiger partial charge in [-0.2, -0.15) is 0 Å².